The standard InChI is InChI=1S/C18H16N2O4/c1-11-6-7-16(21)14(8-11)19-18(22)15-10-17(24-20-15)12-4-3-5-13(9-12)23-2/h3-10,21H,1-2H3,(H,19,22). The smallest absolute Gasteiger partial charge is 0.277 e. The third-order valence-electron chi connectivity index (χ3n) is 3.50. The second-order valence-electron chi connectivity index (χ2n) is 5.28. The van der Waals surface area contributed by atoms with Crippen LogP contribution in [0.25, 0.3) is 11.3 Å². The number of nitrogens with zero attached hydrogens (tertiary/aromatic N) is 1. The Kier molecular flexibility index (Phi) is 4.20. The molecular formula is C18H16N2O4. The summed E-state index contributed by atoms with van der Waals surface area (Å²) < 4.78 is 10.4. The van der Waals surface area contributed by atoms with Crippen molar-refractivity contribution >= 4 is 11.6 Å². The third-order valence-corrected chi connectivity index (χ3v) is 3.50. The molecule has 0 fully saturated rings. The van der Waals surface area contributed by atoms with E-state index in [0.717, 1.165) is 11.1 Å². The summed E-state index contributed by atoms with van der Waals surface area (Å²) in [5.41, 5.74) is 2.11. The van der Waals surface area contributed by atoms with Crippen molar-refractivity contribution in [1.82, 2.24) is 5.16 Å². The van der Waals surface area contributed by atoms with Gasteiger partial charge in [-0.15, -0.1) is 0 Å². The Morgan fingerprint density at radius 1 is 1.21 bits per heavy atom. The summed E-state index contributed by atoms with van der Waals surface area (Å²) in [5.74, 6) is 0.659. The molecule has 0 atom stereocenters. The first kappa shape index (κ1) is 15.6. The normalized spacial score (nSPS) is 10.4. The number of amides is 1. The number of phenols is 1. The number of nitrogens with one attached hydrogen (secondary N) is 1. The Morgan fingerprint density at radius 2 is 2.04 bits per heavy atom. The number of methoxy groups -OCH3 is 1. The van der Waals surface area contributed by atoms with Gasteiger partial charge in [0.2, 0.25) is 0 Å². The van der Waals surface area contributed by atoms with Gasteiger partial charge < -0.3 is 19.7 Å². The fourth-order valence-electron chi connectivity index (χ4n) is 2.23. The first-order valence-electron chi connectivity index (χ1n) is 7.29. The first-order chi connectivity index (χ1) is 11.6. The minimum Gasteiger partial charge on any atom is -0.506 e. The van der Waals surface area contributed by atoms with Gasteiger partial charge in [0.15, 0.2) is 11.5 Å². The van der Waals surface area contributed by atoms with Crippen molar-refractivity contribution in [1.29, 1.82) is 0 Å². The van der Waals surface area contributed by atoms with Gasteiger partial charge in [0, 0.05) is 11.6 Å². The van der Waals surface area contributed by atoms with E-state index in [1.165, 1.54) is 12.1 Å². The molecule has 0 aliphatic carbocycles. The molecule has 0 bridgehead atoms. The quantitative estimate of drug-likeness (QED) is 0.716. The van der Waals surface area contributed by atoms with E-state index in [1.54, 1.807) is 25.3 Å². The van der Waals surface area contributed by atoms with E-state index in [4.69, 9.17) is 9.26 Å². The Hall–Kier alpha value is -3.28. The van der Waals surface area contributed by atoms with E-state index in [9.17, 15) is 9.90 Å². The van der Waals surface area contributed by atoms with Crippen molar-refractivity contribution in [3.05, 3.63) is 59.8 Å². The van der Waals surface area contributed by atoms with Crippen LogP contribution in [0.4, 0.5) is 5.69 Å². The molecule has 1 aromatic heterocycles. The van der Waals surface area contributed by atoms with Crippen LogP contribution in [0.5, 0.6) is 11.5 Å². The number of hydrogen-bond acceptors (Lipinski definition) is 5. The summed E-state index contributed by atoms with van der Waals surface area (Å²) in [4.78, 5) is 12.3. The molecule has 0 aliphatic heterocycles. The predicted octanol–water partition coefficient (Wildman–Crippen LogP) is 3.62. The van der Waals surface area contributed by atoms with Gasteiger partial charge in [-0.05, 0) is 36.8 Å². The second-order valence-corrected chi connectivity index (χ2v) is 5.28. The number of rotatable bonds is 4. The molecule has 0 unspecified atom stereocenters. The van der Waals surface area contributed by atoms with Crippen LogP contribution in [-0.4, -0.2) is 23.3 Å². The summed E-state index contributed by atoms with van der Waals surface area (Å²) in [6.45, 7) is 1.87. The molecule has 2 aromatic carbocycles. The highest BCUT2D eigenvalue weighted by atomic mass is 16.5. The van der Waals surface area contributed by atoms with Gasteiger partial charge in [-0.1, -0.05) is 23.4 Å². The molecule has 6 heteroatoms. The number of aromatic hydroxyl groups is 1. The van der Waals surface area contributed by atoms with Crippen molar-refractivity contribution in [2.24, 2.45) is 0 Å². The highest BCUT2D eigenvalue weighted by Gasteiger charge is 2.15. The molecule has 3 rings (SSSR count). The molecule has 0 saturated heterocycles. The van der Waals surface area contributed by atoms with Gasteiger partial charge in [-0.3, -0.25) is 4.79 Å². The first-order valence-corrected chi connectivity index (χ1v) is 7.29. The van der Waals surface area contributed by atoms with Crippen molar-refractivity contribution in [2.45, 2.75) is 6.92 Å². The molecule has 122 valence electrons. The number of aromatic nitrogens is 1. The van der Waals surface area contributed by atoms with Gasteiger partial charge in [0.05, 0.1) is 12.8 Å². The molecule has 0 spiro atoms. The zero-order valence-corrected chi connectivity index (χ0v) is 13.2. The summed E-state index contributed by atoms with van der Waals surface area (Å²) >= 11 is 0. The molecule has 0 radical (unpaired) electrons. The van der Waals surface area contributed by atoms with E-state index in [-0.39, 0.29) is 11.4 Å². The Bertz CT molecular complexity index is 886. The lowest BCUT2D eigenvalue weighted by atomic mass is 10.1. The van der Waals surface area contributed by atoms with Gasteiger partial charge in [-0.25, -0.2) is 0 Å². The van der Waals surface area contributed by atoms with Crippen LogP contribution in [0.1, 0.15) is 16.1 Å². The molecule has 0 saturated carbocycles. The Balaban J connectivity index is 1.82. The Labute approximate surface area is 138 Å². The minimum absolute atomic E-state index is 0.00883. The summed E-state index contributed by atoms with van der Waals surface area (Å²) in [5, 5.41) is 16.2. The maximum atomic E-state index is 12.3. The number of ether oxygens (including phenoxy) is 1. The summed E-state index contributed by atoms with van der Waals surface area (Å²) in [7, 11) is 1.58. The molecule has 6 nitrogen and oxygen atoms in total. The number of benzene rings is 2. The number of hydrogen-bond donors (Lipinski definition) is 2. The maximum absolute atomic E-state index is 12.3. The number of carbonyl (C=O) groups is 1. The lowest BCUT2D eigenvalue weighted by molar-refractivity contribution is 0.101. The number of phenolic OH excluding ortho intramolecular Hbond substituents is 1. The minimum atomic E-state index is -0.464. The van der Waals surface area contributed by atoms with Crippen molar-refractivity contribution in [3.8, 4) is 22.8 Å². The molecule has 2 N–H and O–H groups in total. The van der Waals surface area contributed by atoms with Crippen LogP contribution in [0.2, 0.25) is 0 Å². The lowest BCUT2D eigenvalue weighted by Gasteiger charge is -2.06. The number of carbonyl (C=O) groups excluding carboxylic acids is 1. The highest BCUT2D eigenvalue weighted by molar-refractivity contribution is 6.04. The molecule has 0 aliphatic rings. The number of anilines is 1. The van der Waals surface area contributed by atoms with Gasteiger partial charge in [-0.2, -0.15) is 0 Å². The van der Waals surface area contributed by atoms with E-state index >= 15 is 0 Å². The summed E-state index contributed by atoms with van der Waals surface area (Å²) in [6, 6.07) is 13.7. The van der Waals surface area contributed by atoms with Crippen molar-refractivity contribution < 1.29 is 19.2 Å². The molecular weight excluding hydrogens is 308 g/mol. The van der Waals surface area contributed by atoms with Crippen LogP contribution < -0.4 is 10.1 Å². The van der Waals surface area contributed by atoms with Crippen LogP contribution in [-0.2, 0) is 0 Å². The van der Waals surface area contributed by atoms with Crippen LogP contribution in [0.3, 0.4) is 0 Å². The monoisotopic (exact) mass is 324 g/mol. The van der Waals surface area contributed by atoms with E-state index in [0.29, 0.717) is 17.2 Å². The molecule has 1 amide bonds. The Morgan fingerprint density at radius 3 is 2.83 bits per heavy atom. The highest BCUT2D eigenvalue weighted by Crippen LogP contribution is 2.26. The van der Waals surface area contributed by atoms with Crippen LogP contribution in [0, 0.1) is 6.92 Å². The van der Waals surface area contributed by atoms with Crippen LogP contribution in [0.15, 0.2) is 53.1 Å². The zero-order valence-electron chi connectivity index (χ0n) is 13.2. The van der Waals surface area contributed by atoms with Gasteiger partial charge in [0.1, 0.15) is 11.5 Å². The lowest BCUT2D eigenvalue weighted by Crippen LogP contribution is -2.12. The maximum Gasteiger partial charge on any atom is 0.277 e. The average molecular weight is 324 g/mol. The largest absolute Gasteiger partial charge is 0.506 e. The fourth-order valence-corrected chi connectivity index (χ4v) is 2.23. The number of aryl methyl sites for hydroxylation is 1. The summed E-state index contributed by atoms with van der Waals surface area (Å²) in [6.07, 6.45) is 0. The van der Waals surface area contributed by atoms with Crippen molar-refractivity contribution in [3.63, 3.8) is 0 Å². The second kappa shape index (κ2) is 6.45. The van der Waals surface area contributed by atoms with E-state index in [2.05, 4.69) is 10.5 Å². The molecule has 24 heavy (non-hydrogen) atoms. The molecule has 3 aromatic rings. The van der Waals surface area contributed by atoms with Gasteiger partial charge in [0.25, 0.3) is 5.91 Å². The fraction of sp³-hybridized carbons (Fsp3) is 0.111. The van der Waals surface area contributed by atoms with E-state index < -0.39 is 5.91 Å². The average Bonchev–Trinajstić information content (AvgIpc) is 3.08. The zero-order chi connectivity index (χ0) is 17.1. The predicted molar refractivity (Wildman–Crippen MR) is 89.3 cm³/mol. The topological polar surface area (TPSA) is 84.6 Å². The van der Waals surface area contributed by atoms with E-state index in [1.807, 2.05) is 25.1 Å². The SMILES string of the molecule is COc1cccc(-c2cc(C(=O)Nc3cc(C)ccc3O)no2)c1. The van der Waals surface area contributed by atoms with Crippen molar-refractivity contribution in [2.75, 3.05) is 12.4 Å². The van der Waals surface area contributed by atoms with Gasteiger partial charge >= 0.3 is 0 Å². The molecule has 1 heterocycles. The third kappa shape index (κ3) is 3.22. The van der Waals surface area contributed by atoms with Crippen LogP contribution >= 0.6 is 0 Å².